The molecule has 4 nitrogen and oxygen atoms in total. The van der Waals surface area contributed by atoms with Crippen LogP contribution in [0.25, 0.3) is 0 Å². The third-order valence-electron chi connectivity index (χ3n) is 2.17. The van der Waals surface area contributed by atoms with Crippen LogP contribution < -0.4 is 5.73 Å². The largest absolute Gasteiger partial charge is 0.481 e. The second-order valence-electron chi connectivity index (χ2n) is 3.68. The quantitative estimate of drug-likeness (QED) is 0.753. The van der Waals surface area contributed by atoms with Crippen molar-refractivity contribution in [2.75, 3.05) is 0 Å². The van der Waals surface area contributed by atoms with E-state index in [1.165, 1.54) is 0 Å². The molecular formula is C10H14N2O2. The molecule has 4 heteroatoms. The Bertz CT molecular complexity index is 348. The maximum Gasteiger partial charge on any atom is 0.305 e. The molecular weight excluding hydrogens is 180 g/mol. The summed E-state index contributed by atoms with van der Waals surface area (Å²) in [7, 11) is 0. The Morgan fingerprint density at radius 1 is 1.71 bits per heavy atom. The Hall–Kier alpha value is -1.42. The summed E-state index contributed by atoms with van der Waals surface area (Å²) in [5.74, 6) is -0.904. The molecule has 0 radical (unpaired) electrons. The van der Waals surface area contributed by atoms with Crippen molar-refractivity contribution in [3.8, 4) is 0 Å². The Labute approximate surface area is 82.8 Å². The van der Waals surface area contributed by atoms with E-state index in [1.807, 2.05) is 13.0 Å². The van der Waals surface area contributed by atoms with Gasteiger partial charge in [0, 0.05) is 12.4 Å². The minimum atomic E-state index is -0.904. The van der Waals surface area contributed by atoms with Crippen LogP contribution in [0.3, 0.4) is 0 Å². The lowest BCUT2D eigenvalue weighted by Crippen LogP contribution is -2.36. The van der Waals surface area contributed by atoms with Crippen molar-refractivity contribution in [2.45, 2.75) is 25.8 Å². The van der Waals surface area contributed by atoms with Crippen LogP contribution in [-0.4, -0.2) is 16.1 Å². The summed E-state index contributed by atoms with van der Waals surface area (Å²) >= 11 is 0. The zero-order chi connectivity index (χ0) is 10.8. The predicted octanol–water partition coefficient (Wildman–Crippen LogP) is 1.04. The van der Waals surface area contributed by atoms with E-state index in [2.05, 4.69) is 4.98 Å². The number of hydrogen-bond acceptors (Lipinski definition) is 3. The number of nitrogens with zero attached hydrogens (tertiary/aromatic N) is 1. The number of nitrogens with two attached hydrogens (primary N) is 1. The van der Waals surface area contributed by atoms with E-state index in [0.29, 0.717) is 0 Å². The second-order valence-corrected chi connectivity index (χ2v) is 3.68. The van der Waals surface area contributed by atoms with Crippen LogP contribution in [0.1, 0.15) is 24.5 Å². The van der Waals surface area contributed by atoms with Gasteiger partial charge < -0.3 is 10.8 Å². The van der Waals surface area contributed by atoms with Gasteiger partial charge in [0.15, 0.2) is 0 Å². The lowest BCUT2D eigenvalue weighted by Gasteiger charge is -2.24. The third kappa shape index (κ3) is 2.29. The maximum atomic E-state index is 10.6. The molecule has 0 aliphatic carbocycles. The predicted molar refractivity (Wildman–Crippen MR) is 52.8 cm³/mol. The number of aliphatic carboxylic acids is 1. The van der Waals surface area contributed by atoms with Crippen molar-refractivity contribution >= 4 is 5.97 Å². The summed E-state index contributed by atoms with van der Waals surface area (Å²) in [6.45, 7) is 3.59. The van der Waals surface area contributed by atoms with Gasteiger partial charge in [-0.2, -0.15) is 0 Å². The van der Waals surface area contributed by atoms with Crippen molar-refractivity contribution in [3.63, 3.8) is 0 Å². The molecule has 0 spiro atoms. The Balaban J connectivity index is 3.03. The highest BCUT2D eigenvalue weighted by atomic mass is 16.4. The van der Waals surface area contributed by atoms with Crippen LogP contribution in [0.15, 0.2) is 18.5 Å². The van der Waals surface area contributed by atoms with Crippen molar-refractivity contribution in [1.82, 2.24) is 4.98 Å². The van der Waals surface area contributed by atoms with E-state index < -0.39 is 11.5 Å². The average Bonchev–Trinajstić information content (AvgIpc) is 2.02. The zero-order valence-electron chi connectivity index (χ0n) is 8.32. The molecule has 0 saturated heterocycles. The van der Waals surface area contributed by atoms with E-state index in [-0.39, 0.29) is 6.42 Å². The molecule has 1 aromatic heterocycles. The first-order valence-corrected chi connectivity index (χ1v) is 4.35. The molecule has 76 valence electrons. The molecule has 0 aliphatic rings. The molecule has 0 bridgehead atoms. The molecule has 0 fully saturated rings. The standard InChI is InChI=1S/C10H14N2O2/c1-7-3-4-12-6-8(7)10(2,11)5-9(13)14/h3-4,6H,5,11H2,1-2H3,(H,13,14)/t10-/m1/s1. The first-order valence-electron chi connectivity index (χ1n) is 4.35. The summed E-state index contributed by atoms with van der Waals surface area (Å²) in [5, 5.41) is 8.70. The summed E-state index contributed by atoms with van der Waals surface area (Å²) in [4.78, 5) is 14.5. The molecule has 1 heterocycles. The van der Waals surface area contributed by atoms with E-state index in [0.717, 1.165) is 11.1 Å². The minimum absolute atomic E-state index is 0.0977. The summed E-state index contributed by atoms with van der Waals surface area (Å²) < 4.78 is 0. The normalized spacial score (nSPS) is 14.8. The van der Waals surface area contributed by atoms with E-state index in [9.17, 15) is 4.79 Å². The summed E-state index contributed by atoms with van der Waals surface area (Å²) in [6, 6.07) is 1.82. The van der Waals surface area contributed by atoms with Crippen molar-refractivity contribution in [1.29, 1.82) is 0 Å². The molecule has 0 aromatic carbocycles. The molecule has 0 amide bonds. The number of aryl methyl sites for hydroxylation is 1. The minimum Gasteiger partial charge on any atom is -0.481 e. The van der Waals surface area contributed by atoms with Gasteiger partial charge in [-0.05, 0) is 31.0 Å². The van der Waals surface area contributed by atoms with Crippen molar-refractivity contribution in [2.24, 2.45) is 5.73 Å². The van der Waals surface area contributed by atoms with Gasteiger partial charge in [-0.3, -0.25) is 9.78 Å². The first-order chi connectivity index (χ1) is 6.43. The Morgan fingerprint density at radius 2 is 2.36 bits per heavy atom. The number of carboxylic acid groups (broad SMARTS) is 1. The molecule has 3 N–H and O–H groups in total. The smallest absolute Gasteiger partial charge is 0.305 e. The van der Waals surface area contributed by atoms with Gasteiger partial charge in [0.1, 0.15) is 0 Å². The maximum absolute atomic E-state index is 10.6. The fraction of sp³-hybridized carbons (Fsp3) is 0.400. The Kier molecular flexibility index (Phi) is 2.86. The molecule has 14 heavy (non-hydrogen) atoms. The molecule has 0 aliphatic heterocycles. The van der Waals surface area contributed by atoms with Gasteiger partial charge in [-0.25, -0.2) is 0 Å². The Morgan fingerprint density at radius 3 is 2.86 bits per heavy atom. The molecule has 0 unspecified atom stereocenters. The number of carboxylic acids is 1. The molecule has 1 aromatic rings. The topological polar surface area (TPSA) is 76.2 Å². The number of carbonyl (C=O) groups is 1. The third-order valence-corrected chi connectivity index (χ3v) is 2.17. The van der Waals surface area contributed by atoms with Crippen molar-refractivity contribution in [3.05, 3.63) is 29.6 Å². The van der Waals surface area contributed by atoms with Gasteiger partial charge in [0.25, 0.3) is 0 Å². The number of pyridine rings is 1. The van der Waals surface area contributed by atoms with Gasteiger partial charge in [0.2, 0.25) is 0 Å². The SMILES string of the molecule is Cc1ccncc1[C@](C)(N)CC(=O)O. The van der Waals surface area contributed by atoms with Gasteiger partial charge >= 0.3 is 5.97 Å². The fourth-order valence-corrected chi connectivity index (χ4v) is 1.47. The summed E-state index contributed by atoms with van der Waals surface area (Å²) in [5.41, 5.74) is 6.81. The number of hydrogen-bond donors (Lipinski definition) is 2. The average molecular weight is 194 g/mol. The lowest BCUT2D eigenvalue weighted by molar-refractivity contribution is -0.138. The molecule has 1 rings (SSSR count). The monoisotopic (exact) mass is 194 g/mol. The van der Waals surface area contributed by atoms with Crippen LogP contribution in [0.4, 0.5) is 0 Å². The highest BCUT2D eigenvalue weighted by molar-refractivity contribution is 5.68. The first kappa shape index (κ1) is 10.7. The van der Waals surface area contributed by atoms with E-state index in [1.54, 1.807) is 19.3 Å². The zero-order valence-corrected chi connectivity index (χ0v) is 8.32. The van der Waals surface area contributed by atoms with Crippen molar-refractivity contribution < 1.29 is 9.90 Å². The van der Waals surface area contributed by atoms with Crippen LogP contribution in [0, 0.1) is 6.92 Å². The molecule has 0 saturated carbocycles. The van der Waals surface area contributed by atoms with Crippen LogP contribution in [-0.2, 0) is 10.3 Å². The van der Waals surface area contributed by atoms with E-state index in [4.69, 9.17) is 10.8 Å². The van der Waals surface area contributed by atoms with Gasteiger partial charge in [-0.15, -0.1) is 0 Å². The second kappa shape index (κ2) is 3.75. The number of rotatable bonds is 3. The highest BCUT2D eigenvalue weighted by Crippen LogP contribution is 2.23. The van der Waals surface area contributed by atoms with Crippen LogP contribution in [0.5, 0.6) is 0 Å². The van der Waals surface area contributed by atoms with Crippen LogP contribution in [0.2, 0.25) is 0 Å². The lowest BCUT2D eigenvalue weighted by atomic mass is 9.88. The van der Waals surface area contributed by atoms with Crippen LogP contribution >= 0.6 is 0 Å². The highest BCUT2D eigenvalue weighted by Gasteiger charge is 2.26. The summed E-state index contributed by atoms with van der Waals surface area (Å²) in [6.07, 6.45) is 3.19. The van der Waals surface area contributed by atoms with Gasteiger partial charge in [-0.1, -0.05) is 0 Å². The van der Waals surface area contributed by atoms with E-state index >= 15 is 0 Å². The number of aromatic nitrogens is 1. The molecule has 1 atom stereocenters. The van der Waals surface area contributed by atoms with Gasteiger partial charge in [0.05, 0.1) is 12.0 Å². The fourth-order valence-electron chi connectivity index (χ4n) is 1.47.